The van der Waals surface area contributed by atoms with E-state index in [4.69, 9.17) is 9.26 Å². The van der Waals surface area contributed by atoms with Gasteiger partial charge in [-0.05, 0) is 69.0 Å². The van der Waals surface area contributed by atoms with Gasteiger partial charge in [0.1, 0.15) is 11.6 Å². The Morgan fingerprint density at radius 2 is 1.97 bits per heavy atom. The van der Waals surface area contributed by atoms with Gasteiger partial charge >= 0.3 is 0 Å². The summed E-state index contributed by atoms with van der Waals surface area (Å²) in [7, 11) is 0. The Kier molecular flexibility index (Phi) is 5.29. The molecule has 6 nitrogen and oxygen atoms in total. The largest absolute Gasteiger partial charge is 0.493 e. The van der Waals surface area contributed by atoms with Crippen molar-refractivity contribution in [3.63, 3.8) is 0 Å². The number of hydrogen-bond acceptors (Lipinski definition) is 5. The van der Waals surface area contributed by atoms with Crippen molar-refractivity contribution in [1.82, 2.24) is 10.1 Å². The van der Waals surface area contributed by atoms with Crippen LogP contribution in [0.5, 0.6) is 5.75 Å². The van der Waals surface area contributed by atoms with Gasteiger partial charge in [0.25, 0.3) is 0 Å². The smallest absolute Gasteiger partial charge is 0.227 e. The number of piperidine rings is 1. The summed E-state index contributed by atoms with van der Waals surface area (Å²) in [5.74, 6) is 1.25. The minimum Gasteiger partial charge on any atom is -0.493 e. The molecule has 1 saturated heterocycles. The molecule has 3 aromatic rings. The van der Waals surface area contributed by atoms with Crippen molar-refractivity contribution in [2.75, 3.05) is 37.7 Å². The first-order chi connectivity index (χ1) is 16.2. The van der Waals surface area contributed by atoms with Crippen LogP contribution in [0.2, 0.25) is 0 Å². The number of benzene rings is 2. The fraction of sp³-hybridized carbons (Fsp3) is 0.462. The molecule has 1 fully saturated rings. The van der Waals surface area contributed by atoms with Gasteiger partial charge in [0, 0.05) is 42.4 Å². The van der Waals surface area contributed by atoms with Gasteiger partial charge in [-0.1, -0.05) is 11.2 Å². The van der Waals surface area contributed by atoms with Crippen molar-refractivity contribution in [3.05, 3.63) is 53.0 Å². The molecule has 33 heavy (non-hydrogen) atoms. The van der Waals surface area contributed by atoms with E-state index in [2.05, 4.69) is 22.2 Å². The van der Waals surface area contributed by atoms with Crippen molar-refractivity contribution in [2.24, 2.45) is 0 Å². The van der Waals surface area contributed by atoms with Crippen LogP contribution in [0.1, 0.15) is 48.4 Å². The average molecular weight is 450 g/mol. The Morgan fingerprint density at radius 3 is 2.85 bits per heavy atom. The monoisotopic (exact) mass is 449 g/mol. The summed E-state index contributed by atoms with van der Waals surface area (Å²) in [6.07, 6.45) is 5.37. The second-order valence-corrected chi connectivity index (χ2v) is 9.37. The van der Waals surface area contributed by atoms with Crippen molar-refractivity contribution >= 4 is 22.6 Å². The Labute approximate surface area is 192 Å². The van der Waals surface area contributed by atoms with Gasteiger partial charge in [-0.3, -0.25) is 4.79 Å². The molecule has 0 spiro atoms. The zero-order valence-corrected chi connectivity index (χ0v) is 18.7. The van der Waals surface area contributed by atoms with Gasteiger partial charge in [-0.25, -0.2) is 4.39 Å². The molecule has 0 bridgehead atoms. The first-order valence-electron chi connectivity index (χ1n) is 12.0. The number of hydrogen-bond donors (Lipinski definition) is 0. The number of ether oxygens (including phenoxy) is 1. The molecule has 0 N–H and O–H groups in total. The summed E-state index contributed by atoms with van der Waals surface area (Å²) in [5, 5.41) is 5.18. The maximum atomic E-state index is 13.4. The zero-order valence-electron chi connectivity index (χ0n) is 18.7. The fourth-order valence-electron chi connectivity index (χ4n) is 5.67. The second-order valence-electron chi connectivity index (χ2n) is 9.37. The van der Waals surface area contributed by atoms with Crippen molar-refractivity contribution in [2.45, 2.75) is 44.4 Å². The molecule has 0 unspecified atom stereocenters. The van der Waals surface area contributed by atoms with Crippen molar-refractivity contribution in [1.29, 1.82) is 0 Å². The first kappa shape index (κ1) is 20.7. The lowest BCUT2D eigenvalue weighted by molar-refractivity contribution is -0.118. The zero-order chi connectivity index (χ0) is 22.4. The molecule has 0 aliphatic carbocycles. The molecule has 0 atom stereocenters. The van der Waals surface area contributed by atoms with Gasteiger partial charge in [0.2, 0.25) is 5.91 Å². The molecule has 0 radical (unpaired) electrons. The van der Waals surface area contributed by atoms with Crippen LogP contribution in [0.15, 0.2) is 34.9 Å². The van der Waals surface area contributed by atoms with Crippen LogP contribution >= 0.6 is 0 Å². The van der Waals surface area contributed by atoms with E-state index in [0.29, 0.717) is 24.5 Å². The third kappa shape index (κ3) is 3.78. The molecule has 6 rings (SSSR count). The van der Waals surface area contributed by atoms with Crippen LogP contribution in [0.4, 0.5) is 10.1 Å². The highest BCUT2D eigenvalue weighted by molar-refractivity contribution is 5.99. The van der Waals surface area contributed by atoms with E-state index in [1.165, 1.54) is 23.3 Å². The van der Waals surface area contributed by atoms with Crippen molar-refractivity contribution < 1.29 is 18.4 Å². The van der Waals surface area contributed by atoms with E-state index in [1.54, 1.807) is 6.07 Å². The summed E-state index contributed by atoms with van der Waals surface area (Å²) >= 11 is 0. The highest BCUT2D eigenvalue weighted by Gasteiger charge is 2.33. The number of aromatic nitrogens is 1. The highest BCUT2D eigenvalue weighted by Crippen LogP contribution is 2.41. The predicted molar refractivity (Wildman–Crippen MR) is 123 cm³/mol. The van der Waals surface area contributed by atoms with E-state index in [-0.39, 0.29) is 11.7 Å². The van der Waals surface area contributed by atoms with Crippen LogP contribution in [0, 0.1) is 5.82 Å². The van der Waals surface area contributed by atoms with E-state index < -0.39 is 0 Å². The average Bonchev–Trinajstić information content (AvgIpc) is 3.46. The number of fused-ring (bicyclic) bond motifs is 1. The minimum atomic E-state index is -0.294. The molecule has 2 aromatic carbocycles. The van der Waals surface area contributed by atoms with E-state index in [1.807, 2.05) is 4.90 Å². The van der Waals surface area contributed by atoms with Crippen LogP contribution in [0.3, 0.4) is 0 Å². The second kappa shape index (κ2) is 8.45. The fourth-order valence-corrected chi connectivity index (χ4v) is 5.67. The molecule has 3 aliphatic heterocycles. The number of likely N-dealkylation sites (tertiary alicyclic amines) is 1. The molecular weight excluding hydrogens is 421 g/mol. The number of carbonyl (C=O) groups excluding carboxylic acids is 1. The molecular formula is C26H28FN3O3. The Bertz CT molecular complexity index is 1200. The van der Waals surface area contributed by atoms with E-state index in [0.717, 1.165) is 80.8 Å². The number of rotatable bonds is 6. The molecule has 1 aromatic heterocycles. The topological polar surface area (TPSA) is 58.8 Å². The summed E-state index contributed by atoms with van der Waals surface area (Å²) in [5.41, 5.74) is 5.10. The number of carbonyl (C=O) groups is 1. The standard InChI is InChI=1S/C26H28FN3O3/c27-19-4-5-20-23(16-19)33-28-25(20)17-8-12-29(13-9-17)11-1-15-32-22-6-2-18-3-7-24(31)30-14-10-21(22)26(18)30/h2,4-6,16-17H,1,3,7-15H2. The number of anilines is 1. The van der Waals surface area contributed by atoms with Gasteiger partial charge in [0.05, 0.1) is 18.0 Å². The van der Waals surface area contributed by atoms with Crippen LogP contribution in [-0.4, -0.2) is 48.7 Å². The SMILES string of the molecule is O=C1CCc2ccc(OCCCN3CCC(c4noc5cc(F)ccc45)CC3)c3c2N1CC3. The lowest BCUT2D eigenvalue weighted by Crippen LogP contribution is -2.34. The van der Waals surface area contributed by atoms with Gasteiger partial charge in [-0.15, -0.1) is 0 Å². The van der Waals surface area contributed by atoms with Crippen molar-refractivity contribution in [3.8, 4) is 5.75 Å². The molecule has 7 heteroatoms. The quantitative estimate of drug-likeness (QED) is 0.521. The minimum absolute atomic E-state index is 0.243. The van der Waals surface area contributed by atoms with Gasteiger partial charge in [0.15, 0.2) is 5.58 Å². The maximum Gasteiger partial charge on any atom is 0.227 e. The number of halogens is 1. The first-order valence-corrected chi connectivity index (χ1v) is 12.0. The third-order valence-electron chi connectivity index (χ3n) is 7.40. The Hall–Kier alpha value is -2.93. The Morgan fingerprint density at radius 1 is 1.09 bits per heavy atom. The van der Waals surface area contributed by atoms with E-state index >= 15 is 0 Å². The van der Waals surface area contributed by atoms with E-state index in [9.17, 15) is 9.18 Å². The summed E-state index contributed by atoms with van der Waals surface area (Å²) in [6.45, 7) is 4.50. The molecule has 172 valence electrons. The molecule has 3 aliphatic rings. The highest BCUT2D eigenvalue weighted by atomic mass is 19.1. The third-order valence-corrected chi connectivity index (χ3v) is 7.40. The summed E-state index contributed by atoms with van der Waals surface area (Å²) < 4.78 is 24.9. The lowest BCUT2D eigenvalue weighted by Gasteiger charge is -2.31. The van der Waals surface area contributed by atoms with Gasteiger partial charge < -0.3 is 19.1 Å². The maximum absolute atomic E-state index is 13.4. The number of nitrogens with zero attached hydrogens (tertiary/aromatic N) is 3. The molecule has 1 amide bonds. The summed E-state index contributed by atoms with van der Waals surface area (Å²) in [6, 6.07) is 8.88. The molecule has 0 saturated carbocycles. The van der Waals surface area contributed by atoms with Gasteiger partial charge in [-0.2, -0.15) is 0 Å². The predicted octanol–water partition coefficient (Wildman–Crippen LogP) is 4.45. The number of amides is 1. The lowest BCUT2D eigenvalue weighted by atomic mass is 9.91. The Balaban J connectivity index is 1.00. The molecule has 4 heterocycles. The van der Waals surface area contributed by atoms with Crippen LogP contribution in [-0.2, 0) is 17.6 Å². The van der Waals surface area contributed by atoms with Crippen LogP contribution < -0.4 is 9.64 Å². The summed E-state index contributed by atoms with van der Waals surface area (Å²) in [4.78, 5) is 16.6. The normalized spacial score (nSPS) is 18.8. The number of aryl methyl sites for hydroxylation is 1. The van der Waals surface area contributed by atoms with Crippen LogP contribution in [0.25, 0.3) is 11.0 Å².